The Labute approximate surface area is 118 Å². The van der Waals surface area contributed by atoms with Crippen molar-refractivity contribution in [3.05, 3.63) is 34.3 Å². The van der Waals surface area contributed by atoms with Gasteiger partial charge in [-0.1, -0.05) is 0 Å². The van der Waals surface area contributed by atoms with Crippen LogP contribution in [0.15, 0.2) is 17.9 Å². The molecule has 104 valence electrons. The smallest absolute Gasteiger partial charge is 0.115 e. The topological polar surface area (TPSA) is 42.7 Å². The molecule has 0 saturated heterocycles. The normalized spacial score (nSPS) is 13.7. The maximum atomic E-state index is 4.57. The van der Waals surface area contributed by atoms with Crippen LogP contribution >= 0.6 is 11.3 Å². The van der Waals surface area contributed by atoms with Crippen molar-refractivity contribution in [2.45, 2.75) is 52.7 Å². The van der Waals surface area contributed by atoms with Crippen molar-refractivity contribution in [1.82, 2.24) is 19.9 Å². The quantitative estimate of drug-likeness (QED) is 0.934. The second kappa shape index (κ2) is 5.43. The first-order valence-electron chi connectivity index (χ1n) is 6.54. The molecule has 0 amide bonds. The van der Waals surface area contributed by atoms with Crippen LogP contribution in [0.4, 0.5) is 0 Å². The zero-order valence-corrected chi connectivity index (χ0v) is 13.1. The minimum Gasteiger partial charge on any atom is -0.324 e. The molecule has 2 rings (SSSR count). The van der Waals surface area contributed by atoms with Gasteiger partial charge >= 0.3 is 0 Å². The molecule has 0 aliphatic heterocycles. The number of nitrogens with one attached hydrogen (secondary N) is 1. The molecule has 19 heavy (non-hydrogen) atoms. The molecule has 0 aromatic carbocycles. The summed E-state index contributed by atoms with van der Waals surface area (Å²) >= 11 is 1.71. The average molecular weight is 278 g/mol. The number of thiazole rings is 1. The highest BCUT2D eigenvalue weighted by molar-refractivity contribution is 7.09. The summed E-state index contributed by atoms with van der Waals surface area (Å²) in [4.78, 5) is 8.84. The number of hydrogen-bond donors (Lipinski definition) is 1. The van der Waals surface area contributed by atoms with E-state index in [0.717, 1.165) is 17.2 Å². The third-order valence-electron chi connectivity index (χ3n) is 2.96. The van der Waals surface area contributed by atoms with Crippen molar-refractivity contribution in [1.29, 1.82) is 0 Å². The second-order valence-electron chi connectivity index (χ2n) is 5.90. The molecule has 0 aliphatic rings. The summed E-state index contributed by atoms with van der Waals surface area (Å²) in [7, 11) is 0. The Balaban J connectivity index is 2.15. The van der Waals surface area contributed by atoms with Gasteiger partial charge in [0, 0.05) is 29.4 Å². The largest absolute Gasteiger partial charge is 0.324 e. The zero-order chi connectivity index (χ0) is 14.0. The number of nitrogens with zero attached hydrogens (tertiary/aromatic N) is 3. The predicted octanol–water partition coefficient (Wildman–Crippen LogP) is 3.15. The maximum Gasteiger partial charge on any atom is 0.115 e. The Hall–Kier alpha value is -1.20. The van der Waals surface area contributed by atoms with E-state index >= 15 is 0 Å². The molecule has 0 fully saturated rings. The van der Waals surface area contributed by atoms with Crippen LogP contribution < -0.4 is 5.32 Å². The molecule has 0 bridgehead atoms. The van der Waals surface area contributed by atoms with Crippen LogP contribution in [0.2, 0.25) is 0 Å². The first-order valence-corrected chi connectivity index (χ1v) is 7.42. The van der Waals surface area contributed by atoms with E-state index in [9.17, 15) is 0 Å². The monoisotopic (exact) mass is 278 g/mol. The summed E-state index contributed by atoms with van der Waals surface area (Å²) in [6.07, 6.45) is 3.82. The van der Waals surface area contributed by atoms with Gasteiger partial charge in [0.15, 0.2) is 0 Å². The molecule has 1 N–H and O–H groups in total. The lowest BCUT2D eigenvalue weighted by Crippen LogP contribution is -2.35. The third-order valence-corrected chi connectivity index (χ3v) is 4.09. The van der Waals surface area contributed by atoms with E-state index in [0.29, 0.717) is 0 Å². The van der Waals surface area contributed by atoms with Crippen LogP contribution in [0.1, 0.15) is 50.1 Å². The van der Waals surface area contributed by atoms with Crippen molar-refractivity contribution in [2.24, 2.45) is 0 Å². The molecule has 2 aromatic heterocycles. The number of imidazole rings is 1. The van der Waals surface area contributed by atoms with Gasteiger partial charge in [0.25, 0.3) is 0 Å². The molecule has 5 heteroatoms. The Morgan fingerprint density at radius 2 is 2.16 bits per heavy atom. The van der Waals surface area contributed by atoms with Crippen molar-refractivity contribution in [3.8, 4) is 0 Å². The van der Waals surface area contributed by atoms with E-state index in [1.54, 1.807) is 11.3 Å². The van der Waals surface area contributed by atoms with Gasteiger partial charge in [-0.15, -0.1) is 11.3 Å². The first kappa shape index (κ1) is 14.2. The van der Waals surface area contributed by atoms with Crippen molar-refractivity contribution in [3.63, 3.8) is 0 Å². The molecular weight excluding hydrogens is 256 g/mol. The highest BCUT2D eigenvalue weighted by Gasteiger charge is 2.16. The Morgan fingerprint density at radius 1 is 1.42 bits per heavy atom. The highest BCUT2D eigenvalue weighted by Crippen LogP contribution is 2.23. The second-order valence-corrected chi connectivity index (χ2v) is 6.79. The van der Waals surface area contributed by atoms with Gasteiger partial charge in [-0.3, -0.25) is 0 Å². The molecule has 0 radical (unpaired) electrons. The minimum absolute atomic E-state index is 0.107. The Kier molecular flexibility index (Phi) is 4.06. The number of hydrogen-bond acceptors (Lipinski definition) is 4. The molecule has 2 aromatic rings. The molecular formula is C14H22N4S. The van der Waals surface area contributed by atoms with Gasteiger partial charge in [-0.05, 0) is 34.6 Å². The summed E-state index contributed by atoms with van der Waals surface area (Å²) in [5.41, 5.74) is 2.38. The van der Waals surface area contributed by atoms with Gasteiger partial charge in [0.05, 0.1) is 18.1 Å². The molecule has 2 heterocycles. The van der Waals surface area contributed by atoms with Gasteiger partial charge in [0.2, 0.25) is 0 Å². The van der Waals surface area contributed by atoms with Gasteiger partial charge in [-0.2, -0.15) is 0 Å². The molecule has 1 atom stereocenters. The highest BCUT2D eigenvalue weighted by atomic mass is 32.1. The number of rotatable bonds is 4. The summed E-state index contributed by atoms with van der Waals surface area (Å²) in [6, 6.07) is 0.234. The Bertz CT molecular complexity index is 536. The van der Waals surface area contributed by atoms with Crippen LogP contribution in [0, 0.1) is 6.92 Å². The van der Waals surface area contributed by atoms with Crippen LogP contribution in [0.25, 0.3) is 0 Å². The maximum absolute atomic E-state index is 4.57. The van der Waals surface area contributed by atoms with Gasteiger partial charge in [-0.25, -0.2) is 9.97 Å². The molecule has 0 aliphatic carbocycles. The van der Waals surface area contributed by atoms with Crippen LogP contribution in [-0.4, -0.2) is 20.1 Å². The standard InChI is InChI=1S/C14H22N4S/c1-10-8-19-13(17-10)11(2)18-9-15-6-12(18)7-16-14(3,4)5/h6,8-9,11,16H,7H2,1-5H3. The lowest BCUT2D eigenvalue weighted by Gasteiger charge is -2.22. The Morgan fingerprint density at radius 3 is 2.74 bits per heavy atom. The van der Waals surface area contributed by atoms with Gasteiger partial charge in [0.1, 0.15) is 5.01 Å². The summed E-state index contributed by atoms with van der Waals surface area (Å²) < 4.78 is 2.19. The van der Waals surface area contributed by atoms with Crippen molar-refractivity contribution < 1.29 is 0 Å². The van der Waals surface area contributed by atoms with Crippen molar-refractivity contribution >= 4 is 11.3 Å². The minimum atomic E-state index is 0.107. The SMILES string of the molecule is Cc1csc(C(C)n2cncc2CNC(C)(C)C)n1. The van der Waals surface area contributed by atoms with E-state index in [1.807, 2.05) is 19.4 Å². The van der Waals surface area contributed by atoms with Crippen LogP contribution in [0.3, 0.4) is 0 Å². The van der Waals surface area contributed by atoms with E-state index in [2.05, 4.69) is 52.9 Å². The number of aryl methyl sites for hydroxylation is 1. The van der Waals surface area contributed by atoms with Crippen molar-refractivity contribution in [2.75, 3.05) is 0 Å². The van der Waals surface area contributed by atoms with Crippen LogP contribution in [-0.2, 0) is 6.54 Å². The fourth-order valence-corrected chi connectivity index (χ4v) is 2.71. The summed E-state index contributed by atoms with van der Waals surface area (Å²) in [5, 5.41) is 6.72. The average Bonchev–Trinajstić information content (AvgIpc) is 2.93. The summed E-state index contributed by atoms with van der Waals surface area (Å²) in [5.74, 6) is 0. The fraction of sp³-hybridized carbons (Fsp3) is 0.571. The van der Waals surface area contributed by atoms with Crippen LogP contribution in [0.5, 0.6) is 0 Å². The molecule has 1 unspecified atom stereocenters. The van der Waals surface area contributed by atoms with E-state index in [1.165, 1.54) is 5.69 Å². The number of aromatic nitrogens is 3. The lowest BCUT2D eigenvalue weighted by molar-refractivity contribution is 0.413. The molecule has 4 nitrogen and oxygen atoms in total. The van der Waals surface area contributed by atoms with Gasteiger partial charge < -0.3 is 9.88 Å². The summed E-state index contributed by atoms with van der Waals surface area (Å²) in [6.45, 7) is 11.5. The first-order chi connectivity index (χ1) is 8.87. The predicted molar refractivity (Wildman–Crippen MR) is 79.5 cm³/mol. The van der Waals surface area contributed by atoms with E-state index < -0.39 is 0 Å². The fourth-order valence-electron chi connectivity index (χ4n) is 1.86. The zero-order valence-electron chi connectivity index (χ0n) is 12.3. The molecule has 0 saturated carbocycles. The molecule has 0 spiro atoms. The van der Waals surface area contributed by atoms with E-state index in [-0.39, 0.29) is 11.6 Å². The third kappa shape index (κ3) is 3.64. The lowest BCUT2D eigenvalue weighted by atomic mass is 10.1. The van der Waals surface area contributed by atoms with E-state index in [4.69, 9.17) is 0 Å².